The molecule has 0 bridgehead atoms. The first kappa shape index (κ1) is 10.2. The number of hydrogen-bond donors (Lipinski definition) is 1. The van der Waals surface area contributed by atoms with Gasteiger partial charge in [0.25, 0.3) is 6.43 Å². The number of aromatic nitrogens is 2. The summed E-state index contributed by atoms with van der Waals surface area (Å²) in [6.07, 6.45) is -1.01. The lowest BCUT2D eigenvalue weighted by molar-refractivity contribution is 0.0795. The van der Waals surface area contributed by atoms with Crippen molar-refractivity contribution in [1.82, 2.24) is 10.2 Å². The molecule has 0 radical (unpaired) electrons. The van der Waals surface area contributed by atoms with Crippen molar-refractivity contribution in [2.45, 2.75) is 6.43 Å². The average Bonchev–Trinajstić information content (AvgIpc) is 2.34. The summed E-state index contributed by atoms with van der Waals surface area (Å²) in [5, 5.41) is 5.89. The van der Waals surface area contributed by atoms with Gasteiger partial charge < -0.3 is 4.74 Å². The molecule has 0 aliphatic heterocycles. The highest BCUT2D eigenvalue weighted by molar-refractivity contribution is 5.85. The van der Waals surface area contributed by atoms with Crippen molar-refractivity contribution in [2.24, 2.45) is 0 Å². The second-order valence-corrected chi connectivity index (χ2v) is 1.62. The average molecular weight is 185 g/mol. The second-order valence-electron chi connectivity index (χ2n) is 1.62. The Balaban J connectivity index is 0.000001000. The molecule has 6 heteroatoms. The molecule has 0 unspecified atom stereocenters. The molecule has 1 aromatic rings. The van der Waals surface area contributed by atoms with Crippen LogP contribution in [0.25, 0.3) is 0 Å². The highest BCUT2D eigenvalue weighted by Gasteiger charge is 2.02. The maximum Gasteiger partial charge on any atom is 0.272 e. The van der Waals surface area contributed by atoms with Crippen LogP contribution in [0.4, 0.5) is 8.78 Å². The standard InChI is InChI=1S/C5H6F2N2O.ClH/c6-4(7)3-10-5-1-2-8-9-5;/h1-2,4H,3H2,(H,8,9);1H. The fourth-order valence-electron chi connectivity index (χ4n) is 0.476. The third-order valence-corrected chi connectivity index (χ3v) is 0.840. The van der Waals surface area contributed by atoms with Crippen LogP contribution in [0.15, 0.2) is 12.3 Å². The number of ether oxygens (including phenoxy) is 1. The lowest BCUT2D eigenvalue weighted by Gasteiger charge is -1.99. The van der Waals surface area contributed by atoms with E-state index in [9.17, 15) is 8.78 Å². The topological polar surface area (TPSA) is 37.9 Å². The molecule has 0 saturated heterocycles. The predicted molar refractivity (Wildman–Crippen MR) is 37.3 cm³/mol. The first-order valence-electron chi connectivity index (χ1n) is 2.69. The van der Waals surface area contributed by atoms with Gasteiger partial charge in [0.05, 0.1) is 6.20 Å². The lowest BCUT2D eigenvalue weighted by atomic mass is 10.7. The van der Waals surface area contributed by atoms with Gasteiger partial charge in [-0.3, -0.25) is 0 Å². The number of nitrogens with zero attached hydrogens (tertiary/aromatic N) is 1. The van der Waals surface area contributed by atoms with Crippen LogP contribution >= 0.6 is 12.4 Å². The molecule has 0 saturated carbocycles. The molecule has 0 spiro atoms. The summed E-state index contributed by atoms with van der Waals surface area (Å²) < 4.78 is 27.5. The molecule has 1 N–H and O–H groups in total. The Morgan fingerprint density at radius 2 is 2.36 bits per heavy atom. The Bertz CT molecular complexity index is 181. The van der Waals surface area contributed by atoms with Gasteiger partial charge in [-0.05, 0) is 0 Å². The second kappa shape index (κ2) is 4.90. The van der Waals surface area contributed by atoms with Crippen molar-refractivity contribution in [3.05, 3.63) is 12.3 Å². The highest BCUT2D eigenvalue weighted by atomic mass is 35.5. The molecular formula is C5H7ClF2N2O. The van der Waals surface area contributed by atoms with E-state index in [4.69, 9.17) is 0 Å². The zero-order chi connectivity index (χ0) is 7.40. The van der Waals surface area contributed by atoms with E-state index < -0.39 is 13.0 Å². The van der Waals surface area contributed by atoms with Crippen LogP contribution in [0.2, 0.25) is 0 Å². The molecule has 64 valence electrons. The molecule has 0 atom stereocenters. The van der Waals surface area contributed by atoms with Gasteiger partial charge in [-0.25, -0.2) is 13.9 Å². The van der Waals surface area contributed by atoms with E-state index >= 15 is 0 Å². The summed E-state index contributed by atoms with van der Waals surface area (Å²) in [6.45, 7) is -0.595. The van der Waals surface area contributed by atoms with E-state index in [0.717, 1.165) is 0 Å². The number of alkyl halides is 2. The molecule has 3 nitrogen and oxygen atoms in total. The maximum atomic E-state index is 11.5. The number of halogens is 3. The fourth-order valence-corrected chi connectivity index (χ4v) is 0.476. The summed E-state index contributed by atoms with van der Waals surface area (Å²) in [5.41, 5.74) is 0. The van der Waals surface area contributed by atoms with Gasteiger partial charge in [-0.15, -0.1) is 12.4 Å². The van der Waals surface area contributed by atoms with Crippen LogP contribution in [-0.4, -0.2) is 23.2 Å². The van der Waals surface area contributed by atoms with Gasteiger partial charge in [0.1, 0.15) is 0 Å². The quantitative estimate of drug-likeness (QED) is 0.773. The summed E-state index contributed by atoms with van der Waals surface area (Å²) in [5.74, 6) is 0.264. The van der Waals surface area contributed by atoms with Crippen LogP contribution in [0, 0.1) is 0 Å². The van der Waals surface area contributed by atoms with Crippen molar-refractivity contribution in [2.75, 3.05) is 6.61 Å². The molecular weight excluding hydrogens is 178 g/mol. The van der Waals surface area contributed by atoms with Crippen molar-refractivity contribution in [3.8, 4) is 5.88 Å². The first-order valence-corrected chi connectivity index (χ1v) is 2.69. The largest absolute Gasteiger partial charge is 0.472 e. The SMILES string of the molecule is Cl.FC(F)COc1ccn[nH]1. The van der Waals surface area contributed by atoms with Crippen LogP contribution < -0.4 is 4.74 Å². The lowest BCUT2D eigenvalue weighted by Crippen LogP contribution is -2.06. The van der Waals surface area contributed by atoms with Crippen LogP contribution in [0.3, 0.4) is 0 Å². The van der Waals surface area contributed by atoms with E-state index in [1.165, 1.54) is 12.3 Å². The minimum Gasteiger partial charge on any atom is -0.472 e. The predicted octanol–water partition coefficient (Wildman–Crippen LogP) is 1.48. The molecule has 1 rings (SSSR count). The summed E-state index contributed by atoms with van der Waals surface area (Å²) in [4.78, 5) is 0. The Morgan fingerprint density at radius 1 is 1.64 bits per heavy atom. The monoisotopic (exact) mass is 184 g/mol. The maximum absolute atomic E-state index is 11.5. The summed E-state index contributed by atoms with van der Waals surface area (Å²) in [6, 6.07) is 1.47. The Morgan fingerprint density at radius 3 is 2.82 bits per heavy atom. The van der Waals surface area contributed by atoms with E-state index in [0.29, 0.717) is 0 Å². The van der Waals surface area contributed by atoms with Crippen LogP contribution in [0.5, 0.6) is 5.88 Å². The van der Waals surface area contributed by atoms with Gasteiger partial charge in [-0.1, -0.05) is 0 Å². The minimum atomic E-state index is -2.44. The van der Waals surface area contributed by atoms with E-state index in [1.807, 2.05) is 0 Å². The highest BCUT2D eigenvalue weighted by Crippen LogP contribution is 2.03. The molecule has 11 heavy (non-hydrogen) atoms. The van der Waals surface area contributed by atoms with E-state index in [-0.39, 0.29) is 18.3 Å². The van der Waals surface area contributed by atoms with Gasteiger partial charge in [-0.2, -0.15) is 5.10 Å². The van der Waals surface area contributed by atoms with Gasteiger partial charge in [0.2, 0.25) is 5.88 Å². The van der Waals surface area contributed by atoms with Gasteiger partial charge in [0, 0.05) is 6.07 Å². The Labute approximate surface area is 68.2 Å². The summed E-state index contributed by atoms with van der Waals surface area (Å²) in [7, 11) is 0. The molecule has 0 aromatic carbocycles. The first-order chi connectivity index (χ1) is 4.79. The Kier molecular flexibility index (Phi) is 4.52. The van der Waals surface area contributed by atoms with Gasteiger partial charge >= 0.3 is 0 Å². The Hall–Kier alpha value is -0.840. The van der Waals surface area contributed by atoms with Crippen molar-refractivity contribution >= 4 is 12.4 Å². The molecule has 0 aliphatic rings. The number of nitrogens with one attached hydrogen (secondary N) is 1. The van der Waals surface area contributed by atoms with Crippen molar-refractivity contribution in [1.29, 1.82) is 0 Å². The third kappa shape index (κ3) is 3.77. The van der Waals surface area contributed by atoms with Crippen LogP contribution in [-0.2, 0) is 0 Å². The van der Waals surface area contributed by atoms with Crippen molar-refractivity contribution < 1.29 is 13.5 Å². The zero-order valence-corrected chi connectivity index (χ0v) is 6.28. The summed E-state index contributed by atoms with van der Waals surface area (Å²) >= 11 is 0. The molecule has 0 aliphatic carbocycles. The normalized spacial score (nSPS) is 9.36. The van der Waals surface area contributed by atoms with E-state index in [1.54, 1.807) is 0 Å². The number of hydrogen-bond acceptors (Lipinski definition) is 2. The smallest absolute Gasteiger partial charge is 0.272 e. The number of H-pyrrole nitrogens is 1. The van der Waals surface area contributed by atoms with Crippen LogP contribution in [0.1, 0.15) is 0 Å². The van der Waals surface area contributed by atoms with Gasteiger partial charge in [0.15, 0.2) is 6.61 Å². The fraction of sp³-hybridized carbons (Fsp3) is 0.400. The number of rotatable bonds is 3. The zero-order valence-electron chi connectivity index (χ0n) is 5.46. The van der Waals surface area contributed by atoms with Crippen molar-refractivity contribution in [3.63, 3.8) is 0 Å². The molecule has 1 heterocycles. The van der Waals surface area contributed by atoms with E-state index in [2.05, 4.69) is 14.9 Å². The third-order valence-electron chi connectivity index (χ3n) is 0.840. The minimum absolute atomic E-state index is 0. The molecule has 1 aromatic heterocycles. The molecule has 0 fully saturated rings. The number of aromatic amines is 1. The molecule has 0 amide bonds.